The third-order valence-corrected chi connectivity index (χ3v) is 11.5. The minimum absolute atomic E-state index is 0.0573. The standard InChI is InChI=1S/C29H49NO5/c1-18(7-12-26(33)30-15-5-4-6-27(34)35)22-10-11-23-21-9-8-19-16-20(31)13-14-28(19,2)24(21)17-25(32)29(22,23)3/h18-25,31-32H,4-17H2,1-3H3,(H,30,33)(H,34,35)/t18-,19-,20-,21+,22-,23+,24+,25+,28+,29-/m0/s1. The average molecular weight is 492 g/mol. The van der Waals surface area contributed by atoms with Crippen LogP contribution in [0.5, 0.6) is 0 Å². The number of aliphatic carboxylic acids is 1. The monoisotopic (exact) mass is 491 g/mol. The van der Waals surface area contributed by atoms with E-state index < -0.39 is 5.97 Å². The number of aliphatic hydroxyl groups excluding tert-OH is 2. The summed E-state index contributed by atoms with van der Waals surface area (Å²) in [4.78, 5) is 23.0. The molecule has 10 atom stereocenters. The van der Waals surface area contributed by atoms with Crippen molar-refractivity contribution < 1.29 is 24.9 Å². The predicted octanol–water partition coefficient (Wildman–Crippen LogP) is 4.76. The van der Waals surface area contributed by atoms with Crippen LogP contribution in [0.2, 0.25) is 0 Å². The van der Waals surface area contributed by atoms with Crippen molar-refractivity contribution in [1.82, 2.24) is 5.32 Å². The molecule has 35 heavy (non-hydrogen) atoms. The number of carboxylic acids is 1. The number of amides is 1. The van der Waals surface area contributed by atoms with E-state index in [4.69, 9.17) is 5.11 Å². The summed E-state index contributed by atoms with van der Waals surface area (Å²) in [5, 5.41) is 33.6. The summed E-state index contributed by atoms with van der Waals surface area (Å²) in [5.74, 6) is 2.54. The van der Waals surface area contributed by atoms with Gasteiger partial charge < -0.3 is 20.6 Å². The maximum absolute atomic E-state index is 12.4. The predicted molar refractivity (Wildman–Crippen MR) is 136 cm³/mol. The fraction of sp³-hybridized carbons (Fsp3) is 0.931. The van der Waals surface area contributed by atoms with Gasteiger partial charge >= 0.3 is 5.97 Å². The van der Waals surface area contributed by atoms with Gasteiger partial charge in [-0.05, 0) is 117 Å². The Morgan fingerprint density at radius 3 is 2.49 bits per heavy atom. The van der Waals surface area contributed by atoms with Crippen molar-refractivity contribution in [2.45, 2.75) is 116 Å². The molecule has 0 unspecified atom stereocenters. The zero-order valence-corrected chi connectivity index (χ0v) is 22.2. The van der Waals surface area contributed by atoms with Crippen LogP contribution in [0.1, 0.15) is 104 Å². The largest absolute Gasteiger partial charge is 0.481 e. The summed E-state index contributed by atoms with van der Waals surface area (Å²) < 4.78 is 0. The Labute approximate surface area is 211 Å². The Balaban J connectivity index is 1.34. The highest BCUT2D eigenvalue weighted by Gasteiger charge is 2.63. The lowest BCUT2D eigenvalue weighted by Crippen LogP contribution is -2.58. The zero-order valence-electron chi connectivity index (χ0n) is 22.2. The van der Waals surface area contributed by atoms with Gasteiger partial charge in [0.25, 0.3) is 0 Å². The third-order valence-electron chi connectivity index (χ3n) is 11.5. The first-order chi connectivity index (χ1) is 16.6. The van der Waals surface area contributed by atoms with Crippen molar-refractivity contribution in [3.63, 3.8) is 0 Å². The lowest BCUT2D eigenvalue weighted by molar-refractivity contribution is -0.174. The first kappa shape index (κ1) is 26.9. The van der Waals surface area contributed by atoms with Crippen LogP contribution in [0.25, 0.3) is 0 Å². The fourth-order valence-electron chi connectivity index (χ4n) is 9.44. The van der Waals surface area contributed by atoms with Gasteiger partial charge in [0.2, 0.25) is 5.91 Å². The normalized spacial score (nSPS) is 43.5. The first-order valence-electron chi connectivity index (χ1n) is 14.4. The molecule has 0 aromatic heterocycles. The summed E-state index contributed by atoms with van der Waals surface area (Å²) in [5.41, 5.74) is 0.196. The van der Waals surface area contributed by atoms with Crippen LogP contribution < -0.4 is 5.32 Å². The van der Waals surface area contributed by atoms with E-state index in [1.165, 1.54) is 19.3 Å². The molecule has 1 amide bonds. The minimum atomic E-state index is -0.788. The molecule has 4 saturated carbocycles. The van der Waals surface area contributed by atoms with Gasteiger partial charge in [-0.15, -0.1) is 0 Å². The minimum Gasteiger partial charge on any atom is -0.481 e. The molecule has 6 nitrogen and oxygen atoms in total. The van der Waals surface area contributed by atoms with Crippen LogP contribution in [0, 0.1) is 46.3 Å². The summed E-state index contributed by atoms with van der Waals surface area (Å²) in [6, 6.07) is 0. The second-order valence-electron chi connectivity index (χ2n) is 13.1. The summed E-state index contributed by atoms with van der Waals surface area (Å²) in [7, 11) is 0. The Morgan fingerprint density at radius 2 is 1.74 bits per heavy atom. The number of fused-ring (bicyclic) bond motifs is 5. The van der Waals surface area contributed by atoms with E-state index in [0.717, 1.165) is 38.5 Å². The number of carboxylic acid groups (broad SMARTS) is 1. The van der Waals surface area contributed by atoms with E-state index in [0.29, 0.717) is 61.3 Å². The molecule has 0 heterocycles. The van der Waals surface area contributed by atoms with Crippen molar-refractivity contribution in [3.05, 3.63) is 0 Å². The molecule has 4 fully saturated rings. The Bertz CT molecular complexity index is 772. The number of carbonyl (C=O) groups is 2. The van der Waals surface area contributed by atoms with Crippen LogP contribution in [-0.2, 0) is 9.59 Å². The maximum atomic E-state index is 12.4. The number of nitrogens with one attached hydrogen (secondary N) is 1. The van der Waals surface area contributed by atoms with E-state index in [9.17, 15) is 19.8 Å². The van der Waals surface area contributed by atoms with Crippen LogP contribution in [0.4, 0.5) is 0 Å². The highest BCUT2D eigenvalue weighted by Crippen LogP contribution is 2.68. The Hall–Kier alpha value is -1.14. The molecule has 0 saturated heterocycles. The third kappa shape index (κ3) is 5.16. The van der Waals surface area contributed by atoms with Crippen molar-refractivity contribution in [3.8, 4) is 0 Å². The molecule has 0 bridgehead atoms. The van der Waals surface area contributed by atoms with E-state index in [1.54, 1.807) is 0 Å². The second-order valence-corrected chi connectivity index (χ2v) is 13.1. The van der Waals surface area contributed by atoms with Crippen molar-refractivity contribution >= 4 is 11.9 Å². The molecule has 6 heteroatoms. The quantitative estimate of drug-likeness (QED) is 0.348. The van der Waals surface area contributed by atoms with Crippen molar-refractivity contribution in [2.24, 2.45) is 46.3 Å². The molecule has 4 N–H and O–H groups in total. The highest BCUT2D eigenvalue weighted by molar-refractivity contribution is 5.75. The number of aliphatic hydroxyl groups is 2. The number of hydrogen-bond donors (Lipinski definition) is 4. The van der Waals surface area contributed by atoms with Gasteiger partial charge in [-0.2, -0.15) is 0 Å². The molecule has 0 spiro atoms. The SMILES string of the molecule is C[C@@H](CCC(=O)NCCCCC(=O)O)[C@@H]1CC[C@@H]2[C@H]3CC[C@H]4C[C@@H](O)CC[C@@]4(C)[C@@H]3C[C@@H](O)[C@]21C. The van der Waals surface area contributed by atoms with Gasteiger partial charge in [0.05, 0.1) is 12.2 Å². The van der Waals surface area contributed by atoms with Gasteiger partial charge in [-0.3, -0.25) is 9.59 Å². The summed E-state index contributed by atoms with van der Waals surface area (Å²) >= 11 is 0. The molecule has 0 aliphatic heterocycles. The van der Waals surface area contributed by atoms with E-state index in [-0.39, 0.29) is 35.4 Å². The average Bonchev–Trinajstić information content (AvgIpc) is 3.17. The van der Waals surface area contributed by atoms with E-state index in [2.05, 4.69) is 26.1 Å². The van der Waals surface area contributed by atoms with E-state index >= 15 is 0 Å². The van der Waals surface area contributed by atoms with Gasteiger partial charge in [-0.25, -0.2) is 0 Å². The number of carbonyl (C=O) groups excluding carboxylic acids is 1. The molecule has 200 valence electrons. The molecule has 0 aromatic carbocycles. The summed E-state index contributed by atoms with van der Waals surface area (Å²) in [6.45, 7) is 7.64. The molecular formula is C29H49NO5. The van der Waals surface area contributed by atoms with Crippen LogP contribution >= 0.6 is 0 Å². The lowest BCUT2D eigenvalue weighted by atomic mass is 9.43. The van der Waals surface area contributed by atoms with E-state index in [1.807, 2.05) is 0 Å². The van der Waals surface area contributed by atoms with Crippen LogP contribution in [0.15, 0.2) is 0 Å². The lowest BCUT2D eigenvalue weighted by Gasteiger charge is -2.62. The molecule has 4 aliphatic carbocycles. The smallest absolute Gasteiger partial charge is 0.303 e. The highest BCUT2D eigenvalue weighted by atomic mass is 16.4. The fourth-order valence-corrected chi connectivity index (χ4v) is 9.44. The number of hydrogen-bond acceptors (Lipinski definition) is 4. The maximum Gasteiger partial charge on any atom is 0.303 e. The van der Waals surface area contributed by atoms with Gasteiger partial charge in [0.15, 0.2) is 0 Å². The van der Waals surface area contributed by atoms with Crippen LogP contribution in [-0.4, -0.2) is 45.9 Å². The molecule has 4 rings (SSSR count). The van der Waals surface area contributed by atoms with Crippen molar-refractivity contribution in [1.29, 1.82) is 0 Å². The Kier molecular flexibility index (Phi) is 8.22. The summed E-state index contributed by atoms with van der Waals surface area (Å²) in [6.07, 6.45) is 11.0. The molecule has 0 aromatic rings. The van der Waals surface area contributed by atoms with Crippen molar-refractivity contribution in [2.75, 3.05) is 6.54 Å². The molecule has 0 radical (unpaired) electrons. The zero-order chi connectivity index (χ0) is 25.4. The topological polar surface area (TPSA) is 107 Å². The second kappa shape index (κ2) is 10.7. The molecular weight excluding hydrogens is 442 g/mol. The van der Waals surface area contributed by atoms with Gasteiger partial charge in [0.1, 0.15) is 0 Å². The van der Waals surface area contributed by atoms with Gasteiger partial charge in [-0.1, -0.05) is 20.8 Å². The Morgan fingerprint density at radius 1 is 0.971 bits per heavy atom. The number of unbranched alkanes of at least 4 members (excludes halogenated alkanes) is 1. The first-order valence-corrected chi connectivity index (χ1v) is 14.4. The van der Waals surface area contributed by atoms with Crippen LogP contribution in [0.3, 0.4) is 0 Å². The van der Waals surface area contributed by atoms with Gasteiger partial charge in [0, 0.05) is 19.4 Å². The number of rotatable bonds is 9. The molecule has 4 aliphatic rings.